The monoisotopic (exact) mass is 591 g/mol. The normalized spacial score (nSPS) is 12.7. The summed E-state index contributed by atoms with van der Waals surface area (Å²) in [5.41, 5.74) is 10.4. The van der Waals surface area contributed by atoms with E-state index >= 15 is 0 Å². The summed E-state index contributed by atoms with van der Waals surface area (Å²) in [6, 6.07) is 15.5. The number of esters is 1. The Morgan fingerprint density at radius 3 is 2.28 bits per heavy atom. The third-order valence-corrected chi connectivity index (χ3v) is 6.95. The van der Waals surface area contributed by atoms with Crippen LogP contribution < -0.4 is 11.1 Å². The number of nitrogens with one attached hydrogen (secondary N) is 1. The second kappa shape index (κ2) is 16.7. The van der Waals surface area contributed by atoms with Crippen LogP contribution in [-0.2, 0) is 17.7 Å². The van der Waals surface area contributed by atoms with Crippen molar-refractivity contribution in [3.05, 3.63) is 112 Å². The fraction of sp³-hybridized carbons (Fsp3) is 0.371. The minimum Gasteiger partial charge on any atom is -0.456 e. The van der Waals surface area contributed by atoms with Gasteiger partial charge in [-0.15, -0.1) is 0 Å². The zero-order valence-electron chi connectivity index (χ0n) is 25.5. The molecule has 0 aromatic heterocycles. The minimum atomic E-state index is -0.825. The number of hydrogen-bond acceptors (Lipinski definition) is 5. The van der Waals surface area contributed by atoms with Crippen LogP contribution in [0.2, 0.25) is 0 Å². The van der Waals surface area contributed by atoms with Gasteiger partial charge in [-0.1, -0.05) is 50.3 Å². The van der Waals surface area contributed by atoms with E-state index < -0.39 is 29.7 Å². The topological polar surface area (TPSA) is 84.7 Å². The van der Waals surface area contributed by atoms with Gasteiger partial charge in [-0.05, 0) is 85.7 Å². The average Bonchev–Trinajstić information content (AvgIpc) is 2.95. The molecular formula is C35H43F2N3O3. The van der Waals surface area contributed by atoms with Crippen LogP contribution >= 0.6 is 0 Å². The van der Waals surface area contributed by atoms with Crippen LogP contribution in [0.25, 0.3) is 6.08 Å². The van der Waals surface area contributed by atoms with Crippen molar-refractivity contribution in [3.63, 3.8) is 0 Å². The molecule has 0 spiro atoms. The predicted octanol–water partition coefficient (Wildman–Crippen LogP) is 6.45. The van der Waals surface area contributed by atoms with E-state index in [1.807, 2.05) is 58.0 Å². The third kappa shape index (κ3) is 10.4. The molecule has 0 saturated heterocycles. The quantitative estimate of drug-likeness (QED) is 0.198. The van der Waals surface area contributed by atoms with Crippen molar-refractivity contribution < 1.29 is 23.1 Å². The summed E-state index contributed by atoms with van der Waals surface area (Å²) in [5, 5.41) is 3.31. The molecule has 2 atom stereocenters. The van der Waals surface area contributed by atoms with Crippen molar-refractivity contribution in [2.75, 3.05) is 19.6 Å². The van der Waals surface area contributed by atoms with E-state index in [9.17, 15) is 18.4 Å². The second-order valence-corrected chi connectivity index (χ2v) is 10.8. The lowest BCUT2D eigenvalue weighted by Crippen LogP contribution is -2.46. The molecule has 0 fully saturated rings. The Kier molecular flexibility index (Phi) is 13.0. The lowest BCUT2D eigenvalue weighted by atomic mass is 10.0. The lowest BCUT2D eigenvalue weighted by Gasteiger charge is -2.25. The molecule has 3 aromatic carbocycles. The minimum absolute atomic E-state index is 0.0889. The first-order valence-corrected chi connectivity index (χ1v) is 14.9. The zero-order chi connectivity index (χ0) is 31.4. The Labute approximate surface area is 253 Å². The number of allylic oxidation sites excluding steroid dienone is 1. The number of aryl methyl sites for hydroxylation is 1. The Morgan fingerprint density at radius 1 is 0.953 bits per heavy atom. The largest absolute Gasteiger partial charge is 0.456 e. The Balaban J connectivity index is 1.82. The maximum atomic E-state index is 13.9. The van der Waals surface area contributed by atoms with Crippen LogP contribution in [0.15, 0.2) is 66.7 Å². The highest BCUT2D eigenvalue weighted by atomic mass is 19.1. The van der Waals surface area contributed by atoms with Gasteiger partial charge in [-0.2, -0.15) is 0 Å². The standard InChI is InChI=1S/C35H43F2N3O3/c1-5-9-25-10-8-11-26(16-25)22-39-23-33(32(38)19-27-17-30(36)21-31(37)18-27)43-35(42)29-15-24(4)14-28(20-29)34(41)40(12-6-2)13-7-3/h5,8-11,14-18,20-21,32-33,39H,6-7,12-13,19,22-23,38H2,1-4H3/t32-,33+/m0/s1. The van der Waals surface area contributed by atoms with Gasteiger partial charge in [0, 0.05) is 43.9 Å². The molecule has 3 N–H and O–H groups in total. The van der Waals surface area contributed by atoms with Gasteiger partial charge in [0.15, 0.2) is 0 Å². The molecule has 3 rings (SSSR count). The van der Waals surface area contributed by atoms with Gasteiger partial charge in [0.2, 0.25) is 0 Å². The fourth-order valence-corrected chi connectivity index (χ4v) is 5.04. The van der Waals surface area contributed by atoms with Gasteiger partial charge in [-0.3, -0.25) is 4.79 Å². The van der Waals surface area contributed by atoms with Crippen LogP contribution in [0.3, 0.4) is 0 Å². The number of halogens is 2. The van der Waals surface area contributed by atoms with Gasteiger partial charge in [-0.25, -0.2) is 13.6 Å². The molecule has 8 heteroatoms. The van der Waals surface area contributed by atoms with Crippen LogP contribution in [0, 0.1) is 18.6 Å². The number of hydrogen-bond donors (Lipinski definition) is 2. The molecule has 0 unspecified atom stereocenters. The van der Waals surface area contributed by atoms with Crippen molar-refractivity contribution in [1.29, 1.82) is 0 Å². The fourth-order valence-electron chi connectivity index (χ4n) is 5.04. The molecule has 43 heavy (non-hydrogen) atoms. The molecule has 0 saturated carbocycles. The summed E-state index contributed by atoms with van der Waals surface area (Å²) < 4.78 is 33.7. The number of rotatable bonds is 15. The first-order chi connectivity index (χ1) is 20.6. The van der Waals surface area contributed by atoms with Crippen LogP contribution in [-0.4, -0.2) is 48.6 Å². The van der Waals surface area contributed by atoms with E-state index in [0.717, 1.165) is 35.6 Å². The highest BCUT2D eigenvalue weighted by Gasteiger charge is 2.25. The number of ether oxygens (including phenoxy) is 1. The SMILES string of the molecule is CC=Cc1cccc(CNC[C@@H](OC(=O)c2cc(C)cc(C(=O)N(CCC)CCC)c2)[C@@H](N)Cc2cc(F)cc(F)c2)c1. The molecule has 1 amide bonds. The molecule has 0 heterocycles. The number of benzene rings is 3. The number of carbonyl (C=O) groups excluding carboxylic acids is 2. The van der Waals surface area contributed by atoms with E-state index in [2.05, 4.69) is 11.4 Å². The van der Waals surface area contributed by atoms with Crippen LogP contribution in [0.5, 0.6) is 0 Å². The number of nitrogens with zero attached hydrogens (tertiary/aromatic N) is 1. The van der Waals surface area contributed by atoms with Gasteiger partial charge in [0.1, 0.15) is 17.7 Å². The first-order valence-electron chi connectivity index (χ1n) is 14.9. The summed E-state index contributed by atoms with van der Waals surface area (Å²) in [5.74, 6) is -2.17. The molecule has 6 nitrogen and oxygen atoms in total. The van der Waals surface area contributed by atoms with E-state index in [1.54, 1.807) is 23.1 Å². The molecule has 0 aliphatic heterocycles. The summed E-state index contributed by atoms with van der Waals surface area (Å²) in [6.07, 6.45) is 4.89. The van der Waals surface area contributed by atoms with Gasteiger partial charge in [0.25, 0.3) is 5.91 Å². The zero-order valence-corrected chi connectivity index (χ0v) is 25.5. The average molecular weight is 592 g/mol. The molecule has 0 aliphatic carbocycles. The molecule has 230 valence electrons. The van der Waals surface area contributed by atoms with Gasteiger partial charge in [0.05, 0.1) is 5.56 Å². The molecule has 0 radical (unpaired) electrons. The maximum absolute atomic E-state index is 13.9. The highest BCUT2D eigenvalue weighted by molar-refractivity contribution is 5.98. The highest BCUT2D eigenvalue weighted by Crippen LogP contribution is 2.17. The summed E-state index contributed by atoms with van der Waals surface area (Å²) >= 11 is 0. The van der Waals surface area contributed by atoms with E-state index in [1.165, 1.54) is 12.1 Å². The van der Waals surface area contributed by atoms with Crippen LogP contribution in [0.1, 0.15) is 76.6 Å². The summed E-state index contributed by atoms with van der Waals surface area (Å²) in [7, 11) is 0. The summed E-state index contributed by atoms with van der Waals surface area (Å²) in [4.78, 5) is 28.5. The Bertz CT molecular complexity index is 1380. The van der Waals surface area contributed by atoms with E-state index in [0.29, 0.717) is 30.8 Å². The molecular weight excluding hydrogens is 548 g/mol. The third-order valence-electron chi connectivity index (χ3n) is 6.95. The number of carbonyl (C=O) groups is 2. The number of amides is 1. The van der Waals surface area contributed by atoms with Crippen molar-refractivity contribution in [2.24, 2.45) is 5.73 Å². The van der Waals surface area contributed by atoms with E-state index in [-0.39, 0.29) is 24.4 Å². The van der Waals surface area contributed by atoms with Gasteiger partial charge < -0.3 is 20.7 Å². The molecule has 0 bridgehead atoms. The molecule has 0 aliphatic rings. The number of nitrogens with two attached hydrogens (primary N) is 1. The smallest absolute Gasteiger partial charge is 0.338 e. The first kappa shape index (κ1) is 33.6. The predicted molar refractivity (Wildman–Crippen MR) is 168 cm³/mol. The van der Waals surface area contributed by atoms with Crippen molar-refractivity contribution in [2.45, 2.75) is 65.6 Å². The molecule has 3 aromatic rings. The van der Waals surface area contributed by atoms with Crippen LogP contribution in [0.4, 0.5) is 8.78 Å². The lowest BCUT2D eigenvalue weighted by molar-refractivity contribution is 0.0238. The summed E-state index contributed by atoms with van der Waals surface area (Å²) in [6.45, 7) is 9.76. The Hall–Kier alpha value is -3.88. The maximum Gasteiger partial charge on any atom is 0.338 e. The van der Waals surface area contributed by atoms with Crippen molar-refractivity contribution >= 4 is 18.0 Å². The van der Waals surface area contributed by atoms with Crippen molar-refractivity contribution in [1.82, 2.24) is 10.2 Å². The van der Waals surface area contributed by atoms with Crippen molar-refractivity contribution in [3.8, 4) is 0 Å². The second-order valence-electron chi connectivity index (χ2n) is 10.8. The van der Waals surface area contributed by atoms with E-state index in [4.69, 9.17) is 10.5 Å². The Morgan fingerprint density at radius 2 is 1.63 bits per heavy atom. The van der Waals surface area contributed by atoms with Gasteiger partial charge >= 0.3 is 5.97 Å².